The minimum absolute atomic E-state index is 0.160. The van der Waals surface area contributed by atoms with Crippen molar-refractivity contribution in [1.82, 2.24) is 10.6 Å². The van der Waals surface area contributed by atoms with Crippen molar-refractivity contribution in [3.63, 3.8) is 0 Å². The molecule has 0 aromatic heterocycles. The Hall–Kier alpha value is -0.570. The van der Waals surface area contributed by atoms with E-state index in [-0.39, 0.29) is 11.3 Å². The molecule has 1 saturated carbocycles. The maximum atomic E-state index is 12.1. The molecule has 2 N–H and O–H groups in total. The largest absolute Gasteiger partial charge is 0.356 e. The minimum atomic E-state index is -0.160. The summed E-state index contributed by atoms with van der Waals surface area (Å²) in [4.78, 5) is 12.1. The summed E-state index contributed by atoms with van der Waals surface area (Å²) in [7, 11) is 0. The highest BCUT2D eigenvalue weighted by Crippen LogP contribution is 2.27. The second-order valence-electron chi connectivity index (χ2n) is 6.04. The van der Waals surface area contributed by atoms with Crippen molar-refractivity contribution in [3.05, 3.63) is 0 Å². The van der Waals surface area contributed by atoms with Gasteiger partial charge in [0.05, 0.1) is 5.41 Å². The summed E-state index contributed by atoms with van der Waals surface area (Å²) in [6.45, 7) is 4.76. The molecule has 0 aromatic carbocycles. The third kappa shape index (κ3) is 3.44. The van der Waals surface area contributed by atoms with Crippen LogP contribution < -0.4 is 10.6 Å². The summed E-state index contributed by atoms with van der Waals surface area (Å²) < 4.78 is 0. The molecule has 2 rings (SSSR count). The third-order valence-electron chi connectivity index (χ3n) is 4.48. The molecule has 0 aromatic rings. The molecule has 3 nitrogen and oxygen atoms in total. The van der Waals surface area contributed by atoms with Gasteiger partial charge in [-0.25, -0.2) is 0 Å². The molecule has 2 fully saturated rings. The predicted octanol–water partition coefficient (Wildman–Crippen LogP) is 2.07. The lowest BCUT2D eigenvalue weighted by atomic mass is 9.86. The van der Waals surface area contributed by atoms with Crippen LogP contribution in [-0.2, 0) is 4.79 Å². The highest BCUT2D eigenvalue weighted by Gasteiger charge is 2.35. The highest BCUT2D eigenvalue weighted by atomic mass is 16.2. The van der Waals surface area contributed by atoms with Crippen LogP contribution in [0.2, 0.25) is 0 Å². The van der Waals surface area contributed by atoms with E-state index in [1.54, 1.807) is 0 Å². The van der Waals surface area contributed by atoms with Crippen molar-refractivity contribution in [1.29, 1.82) is 0 Å². The van der Waals surface area contributed by atoms with Crippen molar-refractivity contribution >= 4 is 5.91 Å². The molecule has 1 amide bonds. The van der Waals surface area contributed by atoms with Gasteiger partial charge < -0.3 is 10.6 Å². The number of amides is 1. The minimum Gasteiger partial charge on any atom is -0.356 e. The molecule has 1 saturated heterocycles. The fraction of sp³-hybridized carbons (Fsp3) is 0.929. The molecule has 17 heavy (non-hydrogen) atoms. The fourth-order valence-electron chi connectivity index (χ4n) is 3.09. The van der Waals surface area contributed by atoms with Crippen LogP contribution in [0.1, 0.15) is 51.9 Å². The summed E-state index contributed by atoms with van der Waals surface area (Å²) in [5.41, 5.74) is -0.160. The van der Waals surface area contributed by atoms with Crippen LogP contribution in [0.25, 0.3) is 0 Å². The smallest absolute Gasteiger partial charge is 0.227 e. The molecule has 1 unspecified atom stereocenters. The lowest BCUT2D eigenvalue weighted by molar-refractivity contribution is -0.129. The molecule has 1 aliphatic heterocycles. The van der Waals surface area contributed by atoms with E-state index in [0.717, 1.165) is 32.0 Å². The van der Waals surface area contributed by atoms with E-state index in [2.05, 4.69) is 17.6 Å². The van der Waals surface area contributed by atoms with Gasteiger partial charge in [0.2, 0.25) is 5.91 Å². The van der Waals surface area contributed by atoms with Crippen LogP contribution in [0.4, 0.5) is 0 Å². The second kappa shape index (κ2) is 5.85. The van der Waals surface area contributed by atoms with Crippen LogP contribution in [-0.4, -0.2) is 25.5 Å². The lowest BCUT2D eigenvalue weighted by Gasteiger charge is -2.24. The Kier molecular flexibility index (Phi) is 4.43. The molecule has 1 atom stereocenters. The average molecular weight is 238 g/mol. The van der Waals surface area contributed by atoms with Gasteiger partial charge in [-0.15, -0.1) is 0 Å². The van der Waals surface area contributed by atoms with Crippen LogP contribution in [0.15, 0.2) is 0 Å². The molecule has 2 aliphatic rings. The van der Waals surface area contributed by atoms with E-state index in [9.17, 15) is 4.79 Å². The first kappa shape index (κ1) is 12.9. The summed E-state index contributed by atoms with van der Waals surface area (Å²) in [5, 5.41) is 6.41. The molecule has 0 radical (unpaired) electrons. The Balaban J connectivity index is 1.65. The number of carbonyl (C=O) groups is 1. The first-order chi connectivity index (χ1) is 8.21. The number of rotatable bonds is 4. The summed E-state index contributed by atoms with van der Waals surface area (Å²) in [6, 6.07) is 0. The Morgan fingerprint density at radius 1 is 1.35 bits per heavy atom. The molecular weight excluding hydrogens is 212 g/mol. The van der Waals surface area contributed by atoms with Gasteiger partial charge in [0.15, 0.2) is 0 Å². The molecule has 0 bridgehead atoms. The highest BCUT2D eigenvalue weighted by molar-refractivity contribution is 5.82. The zero-order valence-corrected chi connectivity index (χ0v) is 11.1. The first-order valence-corrected chi connectivity index (χ1v) is 7.20. The van der Waals surface area contributed by atoms with E-state index < -0.39 is 0 Å². The molecule has 0 spiro atoms. The van der Waals surface area contributed by atoms with Crippen LogP contribution in [0.5, 0.6) is 0 Å². The standard InChI is InChI=1S/C14H26N2O/c1-14(8-10-15-11-14)13(17)16-9-7-12-5-3-2-4-6-12/h12,15H,2-11H2,1H3,(H,16,17). The van der Waals surface area contributed by atoms with Gasteiger partial charge in [0, 0.05) is 13.1 Å². The normalized spacial score (nSPS) is 30.4. The van der Waals surface area contributed by atoms with Gasteiger partial charge >= 0.3 is 0 Å². The Morgan fingerprint density at radius 2 is 2.12 bits per heavy atom. The topological polar surface area (TPSA) is 41.1 Å². The summed E-state index contributed by atoms with van der Waals surface area (Å²) in [5.74, 6) is 1.11. The predicted molar refractivity (Wildman–Crippen MR) is 69.8 cm³/mol. The van der Waals surface area contributed by atoms with Crippen molar-refractivity contribution in [3.8, 4) is 0 Å². The average Bonchev–Trinajstić information content (AvgIpc) is 2.79. The number of carbonyl (C=O) groups excluding carboxylic acids is 1. The number of nitrogens with one attached hydrogen (secondary N) is 2. The van der Waals surface area contributed by atoms with Gasteiger partial charge in [-0.05, 0) is 32.2 Å². The van der Waals surface area contributed by atoms with Crippen LogP contribution >= 0.6 is 0 Å². The fourth-order valence-corrected chi connectivity index (χ4v) is 3.09. The third-order valence-corrected chi connectivity index (χ3v) is 4.48. The van der Waals surface area contributed by atoms with E-state index in [1.165, 1.54) is 38.5 Å². The van der Waals surface area contributed by atoms with E-state index in [0.29, 0.717) is 0 Å². The first-order valence-electron chi connectivity index (χ1n) is 7.20. The van der Waals surface area contributed by atoms with Crippen molar-refractivity contribution in [2.45, 2.75) is 51.9 Å². The Bertz CT molecular complexity index is 253. The summed E-state index contributed by atoms with van der Waals surface area (Å²) >= 11 is 0. The second-order valence-corrected chi connectivity index (χ2v) is 6.04. The van der Waals surface area contributed by atoms with Crippen molar-refractivity contribution in [2.75, 3.05) is 19.6 Å². The maximum absolute atomic E-state index is 12.1. The van der Waals surface area contributed by atoms with Crippen molar-refractivity contribution in [2.24, 2.45) is 11.3 Å². The molecule has 98 valence electrons. The Labute approximate surface area is 105 Å². The zero-order chi connectivity index (χ0) is 12.1. The van der Waals surface area contributed by atoms with E-state index in [1.807, 2.05) is 0 Å². The van der Waals surface area contributed by atoms with Gasteiger partial charge in [-0.3, -0.25) is 4.79 Å². The molecular formula is C14H26N2O. The van der Waals surface area contributed by atoms with Crippen LogP contribution in [0, 0.1) is 11.3 Å². The number of hydrogen-bond donors (Lipinski definition) is 2. The lowest BCUT2D eigenvalue weighted by Crippen LogP contribution is -2.41. The molecule has 1 heterocycles. The van der Waals surface area contributed by atoms with Gasteiger partial charge in [0.25, 0.3) is 0 Å². The monoisotopic (exact) mass is 238 g/mol. The SMILES string of the molecule is CC1(C(=O)NCCC2CCCCC2)CCNC1. The Morgan fingerprint density at radius 3 is 2.76 bits per heavy atom. The summed E-state index contributed by atoms with van der Waals surface area (Å²) in [6.07, 6.45) is 9.08. The molecule has 3 heteroatoms. The quantitative estimate of drug-likeness (QED) is 0.787. The van der Waals surface area contributed by atoms with Gasteiger partial charge in [-0.1, -0.05) is 32.1 Å². The van der Waals surface area contributed by atoms with Gasteiger partial charge in [0.1, 0.15) is 0 Å². The van der Waals surface area contributed by atoms with E-state index in [4.69, 9.17) is 0 Å². The number of hydrogen-bond acceptors (Lipinski definition) is 2. The van der Waals surface area contributed by atoms with E-state index >= 15 is 0 Å². The van der Waals surface area contributed by atoms with Gasteiger partial charge in [-0.2, -0.15) is 0 Å². The molecule has 1 aliphatic carbocycles. The van der Waals surface area contributed by atoms with Crippen LogP contribution in [0.3, 0.4) is 0 Å². The maximum Gasteiger partial charge on any atom is 0.227 e. The zero-order valence-electron chi connectivity index (χ0n) is 11.1. The van der Waals surface area contributed by atoms with Crippen molar-refractivity contribution < 1.29 is 4.79 Å².